The van der Waals surface area contributed by atoms with Crippen LogP contribution in [-0.2, 0) is 4.79 Å². The van der Waals surface area contributed by atoms with E-state index in [1.54, 1.807) is 6.92 Å². The van der Waals surface area contributed by atoms with Crippen molar-refractivity contribution in [3.05, 3.63) is 12.2 Å². The molecule has 58 valence electrons. The molecule has 0 aliphatic rings. The lowest BCUT2D eigenvalue weighted by Crippen LogP contribution is -2.29. The van der Waals surface area contributed by atoms with Crippen LogP contribution in [0.4, 0.5) is 0 Å². The van der Waals surface area contributed by atoms with Crippen molar-refractivity contribution >= 4 is 18.5 Å². The second kappa shape index (κ2) is 5.35. The molecule has 1 unspecified atom stereocenters. The summed E-state index contributed by atoms with van der Waals surface area (Å²) in [6.45, 7) is 4.25. The minimum Gasteiger partial charge on any atom is -0.352 e. The number of allylic oxidation sites excluding steroid dienone is 1. The predicted molar refractivity (Wildman–Crippen MR) is 46.3 cm³/mol. The molecule has 0 aromatic carbocycles. The maximum absolute atomic E-state index is 10.8. The van der Waals surface area contributed by atoms with Crippen molar-refractivity contribution in [1.82, 2.24) is 5.32 Å². The molecular weight excluding hydrogens is 146 g/mol. The Hall–Kier alpha value is -0.440. The van der Waals surface area contributed by atoms with E-state index >= 15 is 0 Å². The van der Waals surface area contributed by atoms with Gasteiger partial charge in [0.05, 0.1) is 5.25 Å². The van der Waals surface area contributed by atoms with Crippen LogP contribution in [0.1, 0.15) is 13.8 Å². The molecule has 10 heavy (non-hydrogen) atoms. The van der Waals surface area contributed by atoms with E-state index < -0.39 is 0 Å². The maximum atomic E-state index is 10.8. The molecule has 0 aliphatic heterocycles. The molecule has 1 atom stereocenters. The molecule has 0 rings (SSSR count). The minimum absolute atomic E-state index is 0.0265. The largest absolute Gasteiger partial charge is 0.352 e. The summed E-state index contributed by atoms with van der Waals surface area (Å²) in [6, 6.07) is 0. The third-order valence-electron chi connectivity index (χ3n) is 1.01. The Labute approximate surface area is 67.1 Å². The van der Waals surface area contributed by atoms with E-state index in [2.05, 4.69) is 17.9 Å². The van der Waals surface area contributed by atoms with Gasteiger partial charge in [0, 0.05) is 6.54 Å². The molecule has 0 spiro atoms. The molecule has 0 aromatic heterocycles. The molecular formula is C7H13NOS. The van der Waals surface area contributed by atoms with Gasteiger partial charge in [0.2, 0.25) is 5.91 Å². The van der Waals surface area contributed by atoms with Gasteiger partial charge in [-0.25, -0.2) is 0 Å². The molecule has 3 heteroatoms. The van der Waals surface area contributed by atoms with E-state index in [1.807, 2.05) is 19.1 Å². The molecule has 2 nitrogen and oxygen atoms in total. The summed E-state index contributed by atoms with van der Waals surface area (Å²) in [4.78, 5) is 10.8. The van der Waals surface area contributed by atoms with Crippen LogP contribution >= 0.6 is 12.6 Å². The van der Waals surface area contributed by atoms with E-state index in [-0.39, 0.29) is 11.2 Å². The van der Waals surface area contributed by atoms with Crippen LogP contribution in [0.3, 0.4) is 0 Å². The maximum Gasteiger partial charge on any atom is 0.232 e. The summed E-state index contributed by atoms with van der Waals surface area (Å²) >= 11 is 3.96. The fourth-order valence-electron chi connectivity index (χ4n) is 0.425. The summed E-state index contributed by atoms with van der Waals surface area (Å²) in [5.41, 5.74) is 0. The van der Waals surface area contributed by atoms with Crippen molar-refractivity contribution in [3.63, 3.8) is 0 Å². The highest BCUT2D eigenvalue weighted by atomic mass is 32.1. The van der Waals surface area contributed by atoms with Gasteiger partial charge in [-0.1, -0.05) is 12.2 Å². The lowest BCUT2D eigenvalue weighted by Gasteiger charge is -2.02. The lowest BCUT2D eigenvalue weighted by atomic mass is 10.4. The first-order chi connectivity index (χ1) is 4.68. The number of amides is 1. The zero-order chi connectivity index (χ0) is 7.98. The number of carbonyl (C=O) groups excluding carboxylic acids is 1. The van der Waals surface area contributed by atoms with E-state index in [1.165, 1.54) is 0 Å². The Morgan fingerprint density at radius 3 is 2.80 bits per heavy atom. The van der Waals surface area contributed by atoms with Crippen LogP contribution in [-0.4, -0.2) is 17.7 Å². The topological polar surface area (TPSA) is 29.1 Å². The van der Waals surface area contributed by atoms with Gasteiger partial charge in [0.1, 0.15) is 0 Å². The summed E-state index contributed by atoms with van der Waals surface area (Å²) in [6.07, 6.45) is 3.78. The normalized spacial score (nSPS) is 13.5. The SMILES string of the molecule is C/C=C/CNC(=O)C(C)S. The third kappa shape index (κ3) is 4.44. The first-order valence-corrected chi connectivity index (χ1v) is 3.77. The highest BCUT2D eigenvalue weighted by molar-refractivity contribution is 7.81. The van der Waals surface area contributed by atoms with Crippen molar-refractivity contribution in [3.8, 4) is 0 Å². The number of nitrogens with one attached hydrogen (secondary N) is 1. The highest BCUT2D eigenvalue weighted by Crippen LogP contribution is 1.90. The quantitative estimate of drug-likeness (QED) is 0.467. The second-order valence-corrected chi connectivity index (χ2v) is 2.76. The zero-order valence-electron chi connectivity index (χ0n) is 6.29. The Kier molecular flexibility index (Phi) is 5.12. The standard InChI is InChI=1S/C7H13NOS/c1-3-4-5-8-7(9)6(2)10/h3-4,6,10H,5H2,1-2H3,(H,8,9)/b4-3+. The number of carbonyl (C=O) groups is 1. The van der Waals surface area contributed by atoms with Crippen LogP contribution in [0, 0.1) is 0 Å². The zero-order valence-corrected chi connectivity index (χ0v) is 7.19. The molecule has 0 radical (unpaired) electrons. The van der Waals surface area contributed by atoms with E-state index in [9.17, 15) is 4.79 Å². The molecule has 1 amide bonds. The van der Waals surface area contributed by atoms with Gasteiger partial charge in [-0.05, 0) is 13.8 Å². The molecule has 0 saturated carbocycles. The van der Waals surface area contributed by atoms with Crippen molar-refractivity contribution in [2.75, 3.05) is 6.54 Å². The number of hydrogen-bond acceptors (Lipinski definition) is 2. The molecule has 0 aliphatic carbocycles. The van der Waals surface area contributed by atoms with Gasteiger partial charge in [-0.3, -0.25) is 4.79 Å². The van der Waals surface area contributed by atoms with E-state index in [0.717, 1.165) is 0 Å². The van der Waals surface area contributed by atoms with Gasteiger partial charge in [0.15, 0.2) is 0 Å². The summed E-state index contributed by atoms with van der Waals surface area (Å²) in [7, 11) is 0. The van der Waals surface area contributed by atoms with Gasteiger partial charge < -0.3 is 5.32 Å². The van der Waals surface area contributed by atoms with Crippen LogP contribution < -0.4 is 5.32 Å². The van der Waals surface area contributed by atoms with Gasteiger partial charge in [-0.2, -0.15) is 12.6 Å². The average Bonchev–Trinajstić information content (AvgIpc) is 1.88. The predicted octanol–water partition coefficient (Wildman–Crippen LogP) is 0.997. The molecule has 0 saturated heterocycles. The molecule has 0 aromatic rings. The Balaban J connectivity index is 3.40. The van der Waals surface area contributed by atoms with Crippen molar-refractivity contribution < 1.29 is 4.79 Å². The molecule has 0 bridgehead atoms. The van der Waals surface area contributed by atoms with Crippen LogP contribution in [0.2, 0.25) is 0 Å². The van der Waals surface area contributed by atoms with Crippen LogP contribution in [0.15, 0.2) is 12.2 Å². The smallest absolute Gasteiger partial charge is 0.232 e. The monoisotopic (exact) mass is 159 g/mol. The van der Waals surface area contributed by atoms with Crippen molar-refractivity contribution in [1.29, 1.82) is 0 Å². The Morgan fingerprint density at radius 2 is 2.40 bits per heavy atom. The first-order valence-electron chi connectivity index (χ1n) is 3.25. The van der Waals surface area contributed by atoms with E-state index in [4.69, 9.17) is 0 Å². The third-order valence-corrected chi connectivity index (χ3v) is 1.24. The Morgan fingerprint density at radius 1 is 1.80 bits per heavy atom. The number of hydrogen-bond donors (Lipinski definition) is 2. The minimum atomic E-state index is -0.217. The van der Waals surface area contributed by atoms with Gasteiger partial charge >= 0.3 is 0 Å². The molecule has 0 fully saturated rings. The average molecular weight is 159 g/mol. The number of thiol groups is 1. The fourth-order valence-corrected chi connectivity index (χ4v) is 0.516. The molecule has 1 N–H and O–H groups in total. The van der Waals surface area contributed by atoms with Crippen LogP contribution in [0.25, 0.3) is 0 Å². The van der Waals surface area contributed by atoms with E-state index in [0.29, 0.717) is 6.54 Å². The Bertz CT molecular complexity index is 132. The summed E-state index contributed by atoms with van der Waals surface area (Å²) in [5.74, 6) is -0.0265. The second-order valence-electron chi connectivity index (χ2n) is 1.99. The molecule has 0 heterocycles. The van der Waals surface area contributed by atoms with Gasteiger partial charge in [-0.15, -0.1) is 0 Å². The first kappa shape index (κ1) is 9.56. The van der Waals surface area contributed by atoms with Crippen molar-refractivity contribution in [2.24, 2.45) is 0 Å². The van der Waals surface area contributed by atoms with Crippen molar-refractivity contribution in [2.45, 2.75) is 19.1 Å². The number of rotatable bonds is 3. The van der Waals surface area contributed by atoms with Crippen LogP contribution in [0.5, 0.6) is 0 Å². The highest BCUT2D eigenvalue weighted by Gasteiger charge is 2.03. The lowest BCUT2D eigenvalue weighted by molar-refractivity contribution is -0.120. The van der Waals surface area contributed by atoms with Gasteiger partial charge in [0.25, 0.3) is 0 Å². The summed E-state index contributed by atoms with van der Waals surface area (Å²) in [5, 5.41) is 2.46. The summed E-state index contributed by atoms with van der Waals surface area (Å²) < 4.78 is 0. The fraction of sp³-hybridized carbons (Fsp3) is 0.571.